The van der Waals surface area contributed by atoms with Gasteiger partial charge in [0.15, 0.2) is 0 Å². The molecule has 1 aliphatic heterocycles. The van der Waals surface area contributed by atoms with Crippen LogP contribution in [0.5, 0.6) is 0 Å². The van der Waals surface area contributed by atoms with Crippen molar-refractivity contribution in [1.82, 2.24) is 10.2 Å². The third-order valence-electron chi connectivity index (χ3n) is 6.41. The van der Waals surface area contributed by atoms with Crippen LogP contribution in [0.2, 0.25) is 10.0 Å². The third-order valence-corrected chi connectivity index (χ3v) is 6.94. The summed E-state index contributed by atoms with van der Waals surface area (Å²) in [4.78, 5) is 25.9. The lowest BCUT2D eigenvalue weighted by molar-refractivity contribution is -0.117. The van der Waals surface area contributed by atoms with Crippen molar-refractivity contribution in [2.45, 2.75) is 45.1 Å². The molecule has 0 aromatic heterocycles. The summed E-state index contributed by atoms with van der Waals surface area (Å²) in [6.45, 7) is 5.90. The SMILES string of the molecule is CC(C)(C)C[C@@H]1CN(C(=O)NCCC(N)=O)[C@H](c2cccc(Cl)c2F)[C@]1(C#N)c1ccc(Cl)cc1F. The van der Waals surface area contributed by atoms with Gasteiger partial charge in [0, 0.05) is 41.6 Å². The zero-order valence-corrected chi connectivity index (χ0v) is 21.8. The number of benzene rings is 2. The molecular weight excluding hydrogens is 509 g/mol. The van der Waals surface area contributed by atoms with E-state index in [0.29, 0.717) is 6.42 Å². The fraction of sp³-hybridized carbons (Fsp3) is 0.423. The Hall–Kier alpha value is -2.89. The Morgan fingerprint density at radius 1 is 1.25 bits per heavy atom. The first-order valence-corrected chi connectivity index (χ1v) is 12.2. The summed E-state index contributed by atoms with van der Waals surface area (Å²) in [5.74, 6) is -2.71. The minimum Gasteiger partial charge on any atom is -0.370 e. The summed E-state index contributed by atoms with van der Waals surface area (Å²) >= 11 is 12.1. The number of hydrogen-bond donors (Lipinski definition) is 2. The van der Waals surface area contributed by atoms with Crippen LogP contribution in [0.3, 0.4) is 0 Å². The third kappa shape index (κ3) is 5.42. The number of likely N-dealkylation sites (tertiary alicyclic amines) is 1. The molecule has 2 aromatic rings. The molecule has 1 heterocycles. The summed E-state index contributed by atoms with van der Waals surface area (Å²) in [7, 11) is 0. The van der Waals surface area contributed by atoms with E-state index in [-0.39, 0.29) is 46.1 Å². The highest BCUT2D eigenvalue weighted by Crippen LogP contribution is 2.56. The molecule has 0 spiro atoms. The molecular formula is C26H28Cl2F2N4O2. The Morgan fingerprint density at radius 2 is 1.94 bits per heavy atom. The van der Waals surface area contributed by atoms with Gasteiger partial charge in [-0.25, -0.2) is 13.6 Å². The highest BCUT2D eigenvalue weighted by Gasteiger charge is 2.60. The van der Waals surface area contributed by atoms with Gasteiger partial charge in [-0.3, -0.25) is 4.79 Å². The quantitative estimate of drug-likeness (QED) is 0.493. The number of primary amides is 1. The highest BCUT2D eigenvalue weighted by molar-refractivity contribution is 6.31. The summed E-state index contributed by atoms with van der Waals surface area (Å²) in [6.07, 6.45) is 0.322. The van der Waals surface area contributed by atoms with Gasteiger partial charge in [-0.15, -0.1) is 0 Å². The second kappa shape index (κ2) is 10.6. The number of nitriles is 1. The van der Waals surface area contributed by atoms with Crippen molar-refractivity contribution in [3.63, 3.8) is 0 Å². The molecule has 6 nitrogen and oxygen atoms in total. The number of halogens is 4. The molecule has 1 aliphatic rings. The van der Waals surface area contributed by atoms with Crippen molar-refractivity contribution in [2.24, 2.45) is 17.1 Å². The van der Waals surface area contributed by atoms with Gasteiger partial charge in [0.25, 0.3) is 0 Å². The van der Waals surface area contributed by atoms with Gasteiger partial charge < -0.3 is 16.0 Å². The second-order valence-corrected chi connectivity index (χ2v) is 11.1. The average molecular weight is 537 g/mol. The monoisotopic (exact) mass is 536 g/mol. The van der Waals surface area contributed by atoms with Crippen LogP contribution >= 0.6 is 23.2 Å². The van der Waals surface area contributed by atoms with Crippen LogP contribution in [0, 0.1) is 34.3 Å². The van der Waals surface area contributed by atoms with Gasteiger partial charge in [-0.2, -0.15) is 5.26 Å². The van der Waals surface area contributed by atoms with Gasteiger partial charge in [0.05, 0.1) is 17.1 Å². The smallest absolute Gasteiger partial charge is 0.318 e. The van der Waals surface area contributed by atoms with E-state index in [1.54, 1.807) is 0 Å². The van der Waals surface area contributed by atoms with Crippen LogP contribution in [0.25, 0.3) is 0 Å². The Labute approximate surface area is 219 Å². The molecule has 3 rings (SSSR count). The number of carbonyl (C=O) groups excluding carboxylic acids is 2. The summed E-state index contributed by atoms with van der Waals surface area (Å²) in [5.41, 5.74) is 3.20. The molecule has 0 aliphatic carbocycles. The van der Waals surface area contributed by atoms with E-state index < -0.39 is 40.9 Å². The van der Waals surface area contributed by atoms with E-state index in [0.717, 1.165) is 6.07 Å². The van der Waals surface area contributed by atoms with Crippen molar-refractivity contribution < 1.29 is 18.4 Å². The van der Waals surface area contributed by atoms with Crippen LogP contribution in [-0.2, 0) is 10.2 Å². The van der Waals surface area contributed by atoms with Crippen molar-refractivity contribution in [2.75, 3.05) is 13.1 Å². The standard InChI is InChI=1S/C26H28Cl2F2N4O2/c1-25(2,3)12-15-13-34(24(36)33-10-9-21(32)35)23(17-5-4-6-19(28)22(17)30)26(15,14-31)18-8-7-16(27)11-20(18)29/h4-8,11,15,23H,9-10,12-13H2,1-3H3,(H2,32,35)(H,33,36)/t15-,23-,26+/m1/s1. The predicted molar refractivity (Wildman–Crippen MR) is 134 cm³/mol. The molecule has 36 heavy (non-hydrogen) atoms. The Balaban J connectivity index is 2.28. The average Bonchev–Trinajstić information content (AvgIpc) is 3.08. The second-order valence-electron chi connectivity index (χ2n) is 10.2. The first-order valence-electron chi connectivity index (χ1n) is 11.4. The molecule has 10 heteroatoms. The molecule has 0 saturated carbocycles. The first kappa shape index (κ1) is 27.7. The fourth-order valence-corrected chi connectivity index (χ4v) is 5.41. The number of carbonyl (C=O) groups is 2. The Kier molecular flexibility index (Phi) is 8.17. The molecule has 3 N–H and O–H groups in total. The van der Waals surface area contributed by atoms with Crippen LogP contribution in [0.15, 0.2) is 36.4 Å². The lowest BCUT2D eigenvalue weighted by atomic mass is 9.63. The minimum atomic E-state index is -1.67. The lowest BCUT2D eigenvalue weighted by Crippen LogP contribution is -2.44. The number of nitrogens with zero attached hydrogens (tertiary/aromatic N) is 2. The molecule has 2 aromatic carbocycles. The van der Waals surface area contributed by atoms with Crippen molar-refractivity contribution in [3.8, 4) is 6.07 Å². The van der Waals surface area contributed by atoms with E-state index in [1.807, 2.05) is 20.8 Å². The van der Waals surface area contributed by atoms with Gasteiger partial charge in [0.2, 0.25) is 5.91 Å². The molecule has 0 bridgehead atoms. The summed E-state index contributed by atoms with van der Waals surface area (Å²) in [5, 5.41) is 13.3. The first-order chi connectivity index (χ1) is 16.8. The molecule has 0 unspecified atom stereocenters. The number of nitrogens with one attached hydrogen (secondary N) is 1. The number of urea groups is 1. The Morgan fingerprint density at radius 3 is 2.53 bits per heavy atom. The van der Waals surface area contributed by atoms with Gasteiger partial charge >= 0.3 is 6.03 Å². The van der Waals surface area contributed by atoms with Crippen LogP contribution in [-0.4, -0.2) is 29.9 Å². The largest absolute Gasteiger partial charge is 0.370 e. The maximum Gasteiger partial charge on any atom is 0.318 e. The number of amides is 3. The van der Waals surface area contributed by atoms with E-state index >= 15 is 8.78 Å². The van der Waals surface area contributed by atoms with E-state index in [4.69, 9.17) is 28.9 Å². The molecule has 1 fully saturated rings. The maximum absolute atomic E-state index is 15.5. The minimum absolute atomic E-state index is 0.0140. The van der Waals surface area contributed by atoms with Gasteiger partial charge in [-0.1, -0.05) is 62.2 Å². The Bertz CT molecular complexity index is 1210. The summed E-state index contributed by atoms with van der Waals surface area (Å²) < 4.78 is 31.0. The molecule has 3 atom stereocenters. The van der Waals surface area contributed by atoms with Crippen molar-refractivity contribution in [1.29, 1.82) is 5.26 Å². The molecule has 3 amide bonds. The molecule has 192 valence electrons. The van der Waals surface area contributed by atoms with Crippen molar-refractivity contribution >= 4 is 35.1 Å². The molecule has 1 saturated heterocycles. The van der Waals surface area contributed by atoms with Crippen LogP contribution in [0.1, 0.15) is 50.8 Å². The van der Waals surface area contributed by atoms with Crippen LogP contribution < -0.4 is 11.1 Å². The zero-order chi connectivity index (χ0) is 26.8. The predicted octanol–water partition coefficient (Wildman–Crippen LogP) is 5.73. The number of hydrogen-bond acceptors (Lipinski definition) is 3. The normalized spacial score (nSPS) is 21.8. The summed E-state index contributed by atoms with van der Waals surface area (Å²) in [6, 6.07) is 8.73. The van der Waals surface area contributed by atoms with E-state index in [1.165, 1.54) is 35.2 Å². The van der Waals surface area contributed by atoms with Gasteiger partial charge in [-0.05, 0) is 30.0 Å². The van der Waals surface area contributed by atoms with E-state index in [2.05, 4.69) is 11.4 Å². The zero-order valence-electron chi connectivity index (χ0n) is 20.2. The van der Waals surface area contributed by atoms with Gasteiger partial charge in [0.1, 0.15) is 17.0 Å². The fourth-order valence-electron chi connectivity index (χ4n) is 5.06. The lowest BCUT2D eigenvalue weighted by Gasteiger charge is -2.38. The topological polar surface area (TPSA) is 99.2 Å². The van der Waals surface area contributed by atoms with Crippen LogP contribution in [0.4, 0.5) is 13.6 Å². The van der Waals surface area contributed by atoms with E-state index in [9.17, 15) is 14.9 Å². The van der Waals surface area contributed by atoms with Crippen molar-refractivity contribution in [3.05, 3.63) is 69.2 Å². The number of rotatable bonds is 6. The number of nitrogens with two attached hydrogens (primary N) is 1. The highest BCUT2D eigenvalue weighted by atomic mass is 35.5. The molecule has 0 radical (unpaired) electrons. The maximum atomic E-state index is 15.5.